The number of nitrogens with zero attached hydrogens (tertiary/aromatic N) is 1. The van der Waals surface area contributed by atoms with E-state index in [9.17, 15) is 4.79 Å². The molecule has 0 saturated carbocycles. The Morgan fingerprint density at radius 3 is 2.19 bits per heavy atom. The van der Waals surface area contributed by atoms with Crippen LogP contribution in [0.1, 0.15) is 43.7 Å². The Hall–Kier alpha value is -2.98. The third-order valence-electron chi connectivity index (χ3n) is 6.19. The number of hydrogen-bond acceptors (Lipinski definition) is 2. The Kier molecular flexibility index (Phi) is 5.91. The molecule has 0 radical (unpaired) electrons. The number of fused-ring (bicyclic) bond motifs is 1. The van der Waals surface area contributed by atoms with Crippen molar-refractivity contribution in [2.75, 3.05) is 5.32 Å². The van der Waals surface area contributed by atoms with Crippen molar-refractivity contribution in [3.05, 3.63) is 91.9 Å². The van der Waals surface area contributed by atoms with Gasteiger partial charge in [0, 0.05) is 21.1 Å². The number of aromatic nitrogens is 1. The highest BCUT2D eigenvalue weighted by Crippen LogP contribution is 2.33. The number of rotatable bonds is 3. The summed E-state index contributed by atoms with van der Waals surface area (Å²) in [6, 6.07) is 16.4. The number of benzene rings is 3. The van der Waals surface area contributed by atoms with Crippen LogP contribution in [0.2, 0.25) is 0 Å². The van der Waals surface area contributed by atoms with Crippen LogP contribution in [0.25, 0.3) is 22.2 Å². The first-order chi connectivity index (χ1) is 15.2. The van der Waals surface area contributed by atoms with Crippen molar-refractivity contribution in [1.82, 2.24) is 4.98 Å². The minimum Gasteiger partial charge on any atom is -0.322 e. The molecule has 0 bridgehead atoms. The van der Waals surface area contributed by atoms with Gasteiger partial charge < -0.3 is 5.32 Å². The Morgan fingerprint density at radius 1 is 0.812 bits per heavy atom. The van der Waals surface area contributed by atoms with Gasteiger partial charge in [0.2, 0.25) is 0 Å². The van der Waals surface area contributed by atoms with Crippen LogP contribution < -0.4 is 5.32 Å². The second-order valence-electron chi connectivity index (χ2n) is 8.60. The second-order valence-corrected chi connectivity index (χ2v) is 9.46. The fourth-order valence-corrected chi connectivity index (χ4v) is 4.64. The molecular weight excluding hydrogens is 460 g/mol. The lowest BCUT2D eigenvalue weighted by Crippen LogP contribution is -2.16. The number of halogens is 1. The highest BCUT2D eigenvalue weighted by molar-refractivity contribution is 9.10. The molecule has 4 heteroatoms. The van der Waals surface area contributed by atoms with E-state index in [1.807, 2.05) is 32.9 Å². The van der Waals surface area contributed by atoms with Crippen LogP contribution in [0, 0.1) is 41.5 Å². The summed E-state index contributed by atoms with van der Waals surface area (Å²) in [7, 11) is 0. The summed E-state index contributed by atoms with van der Waals surface area (Å²) < 4.78 is 1.03. The molecule has 0 aliphatic heterocycles. The summed E-state index contributed by atoms with van der Waals surface area (Å²) in [4.78, 5) is 18.7. The van der Waals surface area contributed by atoms with Gasteiger partial charge in [0.1, 0.15) is 0 Å². The molecule has 1 N–H and O–H groups in total. The predicted molar refractivity (Wildman–Crippen MR) is 138 cm³/mol. The Labute approximate surface area is 198 Å². The number of aryl methyl sites for hydroxylation is 3. The summed E-state index contributed by atoms with van der Waals surface area (Å²) >= 11 is 3.57. The third-order valence-corrected chi connectivity index (χ3v) is 7.05. The van der Waals surface area contributed by atoms with E-state index in [-0.39, 0.29) is 5.91 Å². The number of amides is 1. The smallest absolute Gasteiger partial charge is 0.256 e. The highest BCUT2D eigenvalue weighted by Gasteiger charge is 2.21. The lowest BCUT2D eigenvalue weighted by molar-refractivity contribution is 0.102. The standard InChI is InChI=1S/C28H27BrN2O/c1-15-7-9-21(10-8-15)27-20(6)25(22-14-16(2)13-17(3)26(22)31-27)28(32)30-24-12-11-23(29)18(4)19(24)5/h7-14H,1-6H3,(H,30,32). The van der Waals surface area contributed by atoms with Gasteiger partial charge in [-0.05, 0) is 82.0 Å². The minimum absolute atomic E-state index is 0.113. The van der Waals surface area contributed by atoms with E-state index >= 15 is 0 Å². The summed E-state index contributed by atoms with van der Waals surface area (Å²) in [6.45, 7) is 12.2. The lowest BCUT2D eigenvalue weighted by atomic mass is 9.94. The minimum atomic E-state index is -0.113. The lowest BCUT2D eigenvalue weighted by Gasteiger charge is -2.18. The molecule has 4 rings (SSSR count). The van der Waals surface area contributed by atoms with E-state index in [1.54, 1.807) is 0 Å². The van der Waals surface area contributed by atoms with Crippen molar-refractivity contribution in [1.29, 1.82) is 0 Å². The van der Waals surface area contributed by atoms with E-state index < -0.39 is 0 Å². The first-order valence-electron chi connectivity index (χ1n) is 10.7. The van der Waals surface area contributed by atoms with Gasteiger partial charge in [0.15, 0.2) is 0 Å². The van der Waals surface area contributed by atoms with Crippen LogP contribution in [0.5, 0.6) is 0 Å². The summed E-state index contributed by atoms with van der Waals surface area (Å²) in [5, 5.41) is 4.06. The normalized spacial score (nSPS) is 11.1. The molecule has 162 valence electrons. The number of pyridine rings is 1. The molecule has 32 heavy (non-hydrogen) atoms. The molecule has 0 saturated heterocycles. The van der Waals surface area contributed by atoms with Gasteiger partial charge in [0.25, 0.3) is 5.91 Å². The summed E-state index contributed by atoms with van der Waals surface area (Å²) in [5.41, 5.74) is 10.7. The van der Waals surface area contributed by atoms with Crippen LogP contribution >= 0.6 is 15.9 Å². The molecule has 1 aromatic heterocycles. The van der Waals surface area contributed by atoms with Gasteiger partial charge in [0.05, 0.1) is 16.8 Å². The fraction of sp³-hybridized carbons (Fsp3) is 0.214. The highest BCUT2D eigenvalue weighted by atomic mass is 79.9. The molecule has 4 aromatic rings. The molecule has 0 aliphatic carbocycles. The maximum atomic E-state index is 13.7. The average molecular weight is 487 g/mol. The van der Waals surface area contributed by atoms with Gasteiger partial charge >= 0.3 is 0 Å². The van der Waals surface area contributed by atoms with Crippen molar-refractivity contribution in [2.45, 2.75) is 41.5 Å². The van der Waals surface area contributed by atoms with Crippen LogP contribution in [-0.4, -0.2) is 10.9 Å². The first-order valence-corrected chi connectivity index (χ1v) is 11.5. The van der Waals surface area contributed by atoms with E-state index in [0.717, 1.165) is 60.1 Å². The van der Waals surface area contributed by atoms with Crippen molar-refractivity contribution in [3.8, 4) is 11.3 Å². The SMILES string of the molecule is Cc1ccc(-c2nc3c(C)cc(C)cc3c(C(=O)Nc3ccc(Br)c(C)c3C)c2C)cc1. The number of anilines is 1. The maximum Gasteiger partial charge on any atom is 0.256 e. The van der Waals surface area contributed by atoms with E-state index in [2.05, 4.69) is 78.4 Å². The number of hydrogen-bond donors (Lipinski definition) is 1. The van der Waals surface area contributed by atoms with Crippen molar-refractivity contribution < 1.29 is 4.79 Å². The Bertz CT molecular complexity index is 1370. The van der Waals surface area contributed by atoms with Crippen LogP contribution in [0.3, 0.4) is 0 Å². The Balaban J connectivity index is 1.94. The first kappa shape index (κ1) is 22.2. The van der Waals surface area contributed by atoms with Crippen molar-refractivity contribution in [3.63, 3.8) is 0 Å². The zero-order valence-corrected chi connectivity index (χ0v) is 20.9. The van der Waals surface area contributed by atoms with Crippen molar-refractivity contribution in [2.24, 2.45) is 0 Å². The van der Waals surface area contributed by atoms with Crippen molar-refractivity contribution >= 4 is 38.4 Å². The van der Waals surface area contributed by atoms with Gasteiger partial charge in [-0.15, -0.1) is 0 Å². The summed E-state index contributed by atoms with van der Waals surface area (Å²) in [5.74, 6) is -0.113. The van der Waals surface area contributed by atoms with Gasteiger partial charge in [-0.2, -0.15) is 0 Å². The molecule has 0 aliphatic rings. The number of carbonyl (C=O) groups is 1. The predicted octanol–water partition coefficient (Wildman–Crippen LogP) is 7.77. The second kappa shape index (κ2) is 8.51. The molecule has 0 spiro atoms. The molecule has 1 amide bonds. The number of nitrogens with one attached hydrogen (secondary N) is 1. The van der Waals surface area contributed by atoms with Crippen LogP contribution in [0.4, 0.5) is 5.69 Å². The zero-order valence-electron chi connectivity index (χ0n) is 19.4. The molecule has 0 fully saturated rings. The molecular formula is C28H27BrN2O. The topological polar surface area (TPSA) is 42.0 Å². The zero-order chi connectivity index (χ0) is 23.2. The van der Waals surface area contributed by atoms with Gasteiger partial charge in [-0.3, -0.25) is 4.79 Å². The molecule has 0 atom stereocenters. The molecule has 0 unspecified atom stereocenters. The Morgan fingerprint density at radius 2 is 1.50 bits per heavy atom. The molecule has 3 aromatic carbocycles. The van der Waals surface area contributed by atoms with E-state index in [4.69, 9.17) is 4.98 Å². The average Bonchev–Trinajstić information content (AvgIpc) is 2.74. The van der Waals surface area contributed by atoms with Crippen LogP contribution in [-0.2, 0) is 0 Å². The van der Waals surface area contributed by atoms with Crippen LogP contribution in [0.15, 0.2) is 53.0 Å². The van der Waals surface area contributed by atoms with Gasteiger partial charge in [-0.1, -0.05) is 57.4 Å². The quantitative estimate of drug-likeness (QED) is 0.321. The third kappa shape index (κ3) is 3.95. The fourth-order valence-electron chi connectivity index (χ4n) is 4.21. The van der Waals surface area contributed by atoms with E-state index in [0.29, 0.717) is 5.56 Å². The van der Waals surface area contributed by atoms with E-state index in [1.165, 1.54) is 5.56 Å². The monoisotopic (exact) mass is 486 g/mol. The maximum absolute atomic E-state index is 13.7. The number of carbonyl (C=O) groups excluding carboxylic acids is 1. The largest absolute Gasteiger partial charge is 0.322 e. The summed E-state index contributed by atoms with van der Waals surface area (Å²) in [6.07, 6.45) is 0. The molecule has 1 heterocycles. The van der Waals surface area contributed by atoms with Gasteiger partial charge in [-0.25, -0.2) is 4.98 Å². The molecule has 3 nitrogen and oxygen atoms in total.